The third-order valence-corrected chi connectivity index (χ3v) is 8.19. The van der Waals surface area contributed by atoms with Crippen molar-refractivity contribution in [3.8, 4) is 6.07 Å². The molecule has 0 aromatic heterocycles. The van der Waals surface area contributed by atoms with Gasteiger partial charge in [0.05, 0.1) is 44.4 Å². The van der Waals surface area contributed by atoms with E-state index in [0.717, 1.165) is 9.87 Å². The molecule has 3 aromatic rings. The molecule has 8 nitrogen and oxygen atoms in total. The summed E-state index contributed by atoms with van der Waals surface area (Å²) in [5, 5.41) is 14.5. The first kappa shape index (κ1) is 25.5. The zero-order valence-corrected chi connectivity index (χ0v) is 21.1. The van der Waals surface area contributed by atoms with E-state index in [4.69, 9.17) is 28.5 Å². The van der Waals surface area contributed by atoms with Gasteiger partial charge in [0.2, 0.25) is 11.8 Å². The molecule has 1 atom stereocenters. The molecule has 0 unspecified atom stereocenters. The monoisotopic (exact) mass is 542 g/mol. The second kappa shape index (κ2) is 10.6. The van der Waals surface area contributed by atoms with Crippen molar-refractivity contribution in [3.63, 3.8) is 0 Å². The molecule has 1 aliphatic heterocycles. The van der Waals surface area contributed by atoms with Crippen molar-refractivity contribution in [2.75, 3.05) is 16.2 Å². The standard InChI is InChI=1S/C25H20Cl2N4O4S/c26-19-10-9-18(13-20(19)27)36(34,35)31-22-4-2-1-3-21(22)30-25(33)23(31)14-24(32)29-12-11-16-5-7-17(15-28)8-6-16/h1-10,13,23H,11-12,14H2,(H,29,32)(H,30,33)/t23-/m1/s1. The van der Waals surface area contributed by atoms with Gasteiger partial charge < -0.3 is 10.6 Å². The molecule has 0 aliphatic carbocycles. The van der Waals surface area contributed by atoms with E-state index in [0.29, 0.717) is 17.7 Å². The predicted molar refractivity (Wildman–Crippen MR) is 137 cm³/mol. The Morgan fingerprint density at radius 2 is 1.78 bits per heavy atom. The number of nitrogens with one attached hydrogen (secondary N) is 2. The molecule has 0 saturated carbocycles. The number of sulfonamides is 1. The van der Waals surface area contributed by atoms with Crippen LogP contribution in [0.2, 0.25) is 10.0 Å². The molecule has 1 heterocycles. The number of anilines is 2. The number of nitrogens with zero attached hydrogens (tertiary/aromatic N) is 2. The van der Waals surface area contributed by atoms with Crippen molar-refractivity contribution in [1.29, 1.82) is 5.26 Å². The Morgan fingerprint density at radius 1 is 1.06 bits per heavy atom. The number of halogens is 2. The van der Waals surface area contributed by atoms with E-state index < -0.39 is 34.3 Å². The van der Waals surface area contributed by atoms with Crippen LogP contribution in [-0.4, -0.2) is 32.8 Å². The Hall–Kier alpha value is -3.58. The highest BCUT2D eigenvalue weighted by atomic mass is 35.5. The van der Waals surface area contributed by atoms with Gasteiger partial charge in [0.25, 0.3) is 10.0 Å². The molecule has 0 radical (unpaired) electrons. The first-order valence-electron chi connectivity index (χ1n) is 10.9. The van der Waals surface area contributed by atoms with Gasteiger partial charge in [-0.05, 0) is 54.4 Å². The van der Waals surface area contributed by atoms with Crippen LogP contribution in [0.15, 0.2) is 71.6 Å². The van der Waals surface area contributed by atoms with Gasteiger partial charge in [0.1, 0.15) is 6.04 Å². The summed E-state index contributed by atoms with van der Waals surface area (Å²) in [7, 11) is -4.29. The SMILES string of the molecule is N#Cc1ccc(CCNC(=O)C[C@@H]2C(=O)Nc3ccccc3N2S(=O)(=O)c2ccc(Cl)c(Cl)c2)cc1. The fourth-order valence-electron chi connectivity index (χ4n) is 3.83. The molecular formula is C25H20Cl2N4O4S. The van der Waals surface area contributed by atoms with Crippen LogP contribution >= 0.6 is 23.2 Å². The quantitative estimate of drug-likeness (QED) is 0.465. The normalized spacial score (nSPS) is 15.0. The lowest BCUT2D eigenvalue weighted by Crippen LogP contribution is -2.52. The van der Waals surface area contributed by atoms with E-state index in [-0.39, 0.29) is 27.2 Å². The number of carbonyl (C=O) groups is 2. The van der Waals surface area contributed by atoms with Gasteiger partial charge in [-0.15, -0.1) is 0 Å². The number of nitriles is 1. The highest BCUT2D eigenvalue weighted by Crippen LogP contribution is 2.38. The maximum absolute atomic E-state index is 13.7. The van der Waals surface area contributed by atoms with Crippen molar-refractivity contribution < 1.29 is 18.0 Å². The van der Waals surface area contributed by atoms with Crippen LogP contribution in [0.3, 0.4) is 0 Å². The molecule has 0 spiro atoms. The summed E-state index contributed by atoms with van der Waals surface area (Å²) in [5.74, 6) is -1.11. The topological polar surface area (TPSA) is 119 Å². The van der Waals surface area contributed by atoms with Crippen LogP contribution in [0.5, 0.6) is 0 Å². The number of benzene rings is 3. The molecule has 36 heavy (non-hydrogen) atoms. The third-order valence-electron chi connectivity index (χ3n) is 5.63. The molecule has 2 N–H and O–H groups in total. The van der Waals surface area contributed by atoms with E-state index in [1.807, 2.05) is 6.07 Å². The zero-order valence-electron chi connectivity index (χ0n) is 18.7. The second-order valence-electron chi connectivity index (χ2n) is 8.01. The highest BCUT2D eigenvalue weighted by Gasteiger charge is 2.42. The summed E-state index contributed by atoms with van der Waals surface area (Å²) in [6.45, 7) is 0.273. The minimum Gasteiger partial charge on any atom is -0.356 e. The highest BCUT2D eigenvalue weighted by molar-refractivity contribution is 7.93. The van der Waals surface area contributed by atoms with Gasteiger partial charge in [0.15, 0.2) is 0 Å². The predicted octanol–water partition coefficient (Wildman–Crippen LogP) is 4.13. The average Bonchev–Trinajstić information content (AvgIpc) is 2.86. The molecule has 1 aliphatic rings. The summed E-state index contributed by atoms with van der Waals surface area (Å²) in [5.41, 5.74) is 2.00. The van der Waals surface area contributed by atoms with E-state index in [2.05, 4.69) is 10.6 Å². The number of fused-ring (bicyclic) bond motifs is 1. The Balaban J connectivity index is 1.57. The average molecular weight is 543 g/mol. The molecule has 3 aromatic carbocycles. The fourth-order valence-corrected chi connectivity index (χ4v) is 5.85. The Morgan fingerprint density at radius 3 is 2.47 bits per heavy atom. The maximum atomic E-state index is 13.7. The molecule has 2 amide bonds. The number of carbonyl (C=O) groups excluding carboxylic acids is 2. The zero-order chi connectivity index (χ0) is 25.9. The lowest BCUT2D eigenvalue weighted by molar-refractivity contribution is -0.125. The minimum absolute atomic E-state index is 0.0459. The van der Waals surface area contributed by atoms with Crippen LogP contribution in [0.4, 0.5) is 11.4 Å². The molecule has 0 bridgehead atoms. The number of rotatable bonds is 7. The van der Waals surface area contributed by atoms with Crippen LogP contribution in [0.25, 0.3) is 0 Å². The number of hydrogen-bond donors (Lipinski definition) is 2. The smallest absolute Gasteiger partial charge is 0.265 e. The van der Waals surface area contributed by atoms with E-state index in [1.165, 1.54) is 18.2 Å². The Kier molecular flexibility index (Phi) is 7.50. The van der Waals surface area contributed by atoms with Gasteiger partial charge in [-0.25, -0.2) is 8.42 Å². The van der Waals surface area contributed by atoms with Crippen LogP contribution in [0, 0.1) is 11.3 Å². The van der Waals surface area contributed by atoms with Crippen LogP contribution < -0.4 is 14.9 Å². The summed E-state index contributed by atoms with van der Waals surface area (Å²) < 4.78 is 28.3. The van der Waals surface area contributed by atoms with Gasteiger partial charge >= 0.3 is 0 Å². The summed E-state index contributed by atoms with van der Waals surface area (Å²) in [6, 6.07) is 18.0. The largest absolute Gasteiger partial charge is 0.356 e. The molecule has 0 fully saturated rings. The van der Waals surface area contributed by atoms with E-state index >= 15 is 0 Å². The lowest BCUT2D eigenvalue weighted by Gasteiger charge is -2.36. The fraction of sp³-hybridized carbons (Fsp3) is 0.160. The Bertz CT molecular complexity index is 1470. The summed E-state index contributed by atoms with van der Waals surface area (Å²) >= 11 is 12.0. The Labute approximate surface area is 218 Å². The molecular weight excluding hydrogens is 523 g/mol. The first-order valence-corrected chi connectivity index (χ1v) is 13.1. The van der Waals surface area contributed by atoms with Crippen LogP contribution in [-0.2, 0) is 26.0 Å². The minimum atomic E-state index is -4.29. The van der Waals surface area contributed by atoms with Crippen molar-refractivity contribution in [2.24, 2.45) is 0 Å². The molecule has 184 valence electrons. The van der Waals surface area contributed by atoms with Gasteiger partial charge in [-0.1, -0.05) is 47.5 Å². The number of hydrogen-bond acceptors (Lipinski definition) is 5. The summed E-state index contributed by atoms with van der Waals surface area (Å²) in [4.78, 5) is 25.6. The second-order valence-corrected chi connectivity index (χ2v) is 10.6. The molecule has 11 heteroatoms. The third kappa shape index (κ3) is 5.31. The van der Waals surface area contributed by atoms with E-state index in [9.17, 15) is 18.0 Å². The summed E-state index contributed by atoms with van der Waals surface area (Å²) in [6.07, 6.45) is 0.108. The van der Waals surface area contributed by atoms with Crippen molar-refractivity contribution in [2.45, 2.75) is 23.8 Å². The first-order chi connectivity index (χ1) is 17.2. The van der Waals surface area contributed by atoms with E-state index in [1.54, 1.807) is 48.5 Å². The van der Waals surface area contributed by atoms with Crippen LogP contribution in [0.1, 0.15) is 17.5 Å². The number of amides is 2. The molecule has 0 saturated heterocycles. The van der Waals surface area contributed by atoms with Crippen molar-refractivity contribution >= 4 is 56.4 Å². The lowest BCUT2D eigenvalue weighted by atomic mass is 10.1. The van der Waals surface area contributed by atoms with Gasteiger partial charge in [0, 0.05) is 6.54 Å². The maximum Gasteiger partial charge on any atom is 0.265 e. The van der Waals surface area contributed by atoms with Crippen molar-refractivity contribution in [3.05, 3.63) is 87.9 Å². The van der Waals surface area contributed by atoms with Crippen molar-refractivity contribution in [1.82, 2.24) is 5.32 Å². The molecule has 4 rings (SSSR count). The number of para-hydroxylation sites is 2. The van der Waals surface area contributed by atoms with Gasteiger partial charge in [-0.2, -0.15) is 5.26 Å². The van der Waals surface area contributed by atoms with Gasteiger partial charge in [-0.3, -0.25) is 13.9 Å².